The van der Waals surface area contributed by atoms with Gasteiger partial charge in [0, 0.05) is 30.1 Å². The molecule has 37 heavy (non-hydrogen) atoms. The summed E-state index contributed by atoms with van der Waals surface area (Å²) in [5.74, 6) is 0.00856. The van der Waals surface area contributed by atoms with Crippen molar-refractivity contribution >= 4 is 40.6 Å². The first-order chi connectivity index (χ1) is 17.9. The first-order valence-electron chi connectivity index (χ1n) is 11.0. The van der Waals surface area contributed by atoms with Gasteiger partial charge in [-0.1, -0.05) is 11.8 Å². The number of aliphatic imine (C=N–C) groups is 1. The number of halogens is 1. The van der Waals surface area contributed by atoms with E-state index < -0.39 is 23.4 Å². The predicted octanol–water partition coefficient (Wildman–Crippen LogP) is 1.76. The maximum absolute atomic E-state index is 13.4. The van der Waals surface area contributed by atoms with Gasteiger partial charge < -0.3 is 20.1 Å². The van der Waals surface area contributed by atoms with E-state index in [0.29, 0.717) is 29.6 Å². The van der Waals surface area contributed by atoms with E-state index in [0.717, 1.165) is 12.4 Å². The van der Waals surface area contributed by atoms with Crippen LogP contribution in [0, 0.1) is 11.7 Å². The summed E-state index contributed by atoms with van der Waals surface area (Å²) < 4.78 is 18.4. The molecule has 190 valence electrons. The highest BCUT2D eigenvalue weighted by Gasteiger charge is 2.52. The highest BCUT2D eigenvalue weighted by molar-refractivity contribution is 8.13. The molecule has 5 rings (SSSR count). The van der Waals surface area contributed by atoms with Crippen LogP contribution in [0.2, 0.25) is 0 Å². The molecule has 3 aromatic rings. The zero-order valence-electron chi connectivity index (χ0n) is 19.3. The molecular formula is C22H20FN9O4S. The number of nitrogens with zero attached hydrogens (tertiary/aromatic N) is 7. The molecule has 0 radical (unpaired) electrons. The van der Waals surface area contributed by atoms with Crippen molar-refractivity contribution in [3.8, 4) is 5.88 Å². The van der Waals surface area contributed by atoms with Crippen LogP contribution in [0.5, 0.6) is 5.88 Å². The second kappa shape index (κ2) is 9.93. The van der Waals surface area contributed by atoms with Crippen LogP contribution in [0.3, 0.4) is 0 Å². The largest absolute Gasteiger partial charge is 0.480 e. The van der Waals surface area contributed by atoms with Crippen LogP contribution in [0.4, 0.5) is 20.8 Å². The molecule has 0 saturated carbocycles. The maximum Gasteiger partial charge on any atom is 0.410 e. The topological polar surface area (TPSA) is 168 Å². The van der Waals surface area contributed by atoms with Gasteiger partial charge in [0.15, 0.2) is 11.0 Å². The number of carboxylic acid groups (broad SMARTS) is 1. The van der Waals surface area contributed by atoms with Gasteiger partial charge >= 0.3 is 6.09 Å². The molecule has 0 spiro atoms. The monoisotopic (exact) mass is 525 g/mol. The number of methoxy groups -OCH3 is 1. The number of nitrogens with one attached hydrogen (secondary N) is 2. The minimum Gasteiger partial charge on any atom is -0.480 e. The number of rotatable bonds is 5. The molecule has 0 aliphatic carbocycles. The lowest BCUT2D eigenvalue weighted by atomic mass is 9.85. The summed E-state index contributed by atoms with van der Waals surface area (Å²) in [5, 5.41) is 14.6. The number of thioether (sulfide) groups is 1. The fraction of sp³-hybridized carbons (Fsp3) is 0.273. The molecule has 1 saturated heterocycles. The van der Waals surface area contributed by atoms with Gasteiger partial charge in [0.25, 0.3) is 5.91 Å². The average Bonchev–Trinajstić information content (AvgIpc) is 3.29. The van der Waals surface area contributed by atoms with Gasteiger partial charge in [-0.05, 0) is 12.1 Å². The van der Waals surface area contributed by atoms with Gasteiger partial charge in [0.1, 0.15) is 11.2 Å². The van der Waals surface area contributed by atoms with Gasteiger partial charge in [-0.3, -0.25) is 15.1 Å². The number of amides is 2. The van der Waals surface area contributed by atoms with Crippen LogP contribution in [0.25, 0.3) is 0 Å². The molecule has 13 nitrogen and oxygen atoms in total. The summed E-state index contributed by atoms with van der Waals surface area (Å²) in [7, 11) is 1.45. The van der Waals surface area contributed by atoms with E-state index in [1.807, 2.05) is 4.90 Å². The van der Waals surface area contributed by atoms with Crippen LogP contribution in [-0.4, -0.2) is 73.1 Å². The SMILES string of the molecule is COc1cnc(C(=O)Nc2ccnc([C@]34CN(c5ncc(F)cn5)C[C@H]3CSC(NC(=O)O)=N4)c2)cn1. The lowest BCUT2D eigenvalue weighted by molar-refractivity contribution is 0.102. The number of carbonyl (C=O) groups excluding carboxylic acids is 1. The van der Waals surface area contributed by atoms with Crippen molar-refractivity contribution in [1.29, 1.82) is 0 Å². The van der Waals surface area contributed by atoms with Crippen LogP contribution in [-0.2, 0) is 5.54 Å². The second-order valence-electron chi connectivity index (χ2n) is 8.19. The Morgan fingerprint density at radius 3 is 2.68 bits per heavy atom. The first kappa shape index (κ1) is 24.3. The lowest BCUT2D eigenvalue weighted by Gasteiger charge is -2.34. The van der Waals surface area contributed by atoms with Crippen molar-refractivity contribution in [2.75, 3.05) is 36.2 Å². The number of anilines is 2. The number of hydrogen-bond acceptors (Lipinski definition) is 11. The van der Waals surface area contributed by atoms with E-state index in [1.165, 1.54) is 37.5 Å². The van der Waals surface area contributed by atoms with Crippen LogP contribution < -0.4 is 20.3 Å². The Labute approximate surface area is 213 Å². The number of hydrogen-bond donors (Lipinski definition) is 3. The molecule has 2 atom stereocenters. The number of pyridine rings is 1. The second-order valence-corrected chi connectivity index (χ2v) is 9.20. The van der Waals surface area contributed by atoms with E-state index >= 15 is 0 Å². The number of aromatic nitrogens is 5. The van der Waals surface area contributed by atoms with Gasteiger partial charge in [0.2, 0.25) is 11.8 Å². The molecule has 2 amide bonds. The van der Waals surface area contributed by atoms with Crippen molar-refractivity contribution in [3.63, 3.8) is 0 Å². The third-order valence-corrected chi connectivity index (χ3v) is 6.94. The highest BCUT2D eigenvalue weighted by atomic mass is 32.2. The van der Waals surface area contributed by atoms with Gasteiger partial charge in [-0.15, -0.1) is 0 Å². The Kier molecular flexibility index (Phi) is 6.52. The Morgan fingerprint density at radius 1 is 1.16 bits per heavy atom. The van der Waals surface area contributed by atoms with Gasteiger partial charge in [-0.25, -0.2) is 34.1 Å². The molecule has 15 heteroatoms. The Hall–Kier alpha value is -4.40. The maximum atomic E-state index is 13.4. The standard InChI is InChI=1S/C22H20FN9O4S/c1-36-17-8-25-15(7-26-17)18(33)29-14-2-3-24-16(4-14)22-11-32(19-27-5-13(23)6-28-19)9-12(22)10-37-20(31-22)30-21(34)35/h2-8,12H,9-11H2,1H3,(H,30,31)(H,34,35)(H,24,29,33)/t12-,22-/m0/s1. The van der Waals surface area contributed by atoms with E-state index in [4.69, 9.17) is 9.73 Å². The molecule has 2 aliphatic heterocycles. The molecule has 0 aromatic carbocycles. The lowest BCUT2D eigenvalue weighted by Crippen LogP contribution is -2.42. The summed E-state index contributed by atoms with van der Waals surface area (Å²) >= 11 is 1.28. The van der Waals surface area contributed by atoms with Crippen molar-refractivity contribution < 1.29 is 23.8 Å². The number of fused-ring (bicyclic) bond motifs is 1. The first-order valence-corrected chi connectivity index (χ1v) is 11.9. The third-order valence-electron chi connectivity index (χ3n) is 5.91. The number of amidine groups is 1. The summed E-state index contributed by atoms with van der Waals surface area (Å²) in [4.78, 5) is 51.4. The quantitative estimate of drug-likeness (QED) is 0.444. The van der Waals surface area contributed by atoms with Crippen LogP contribution in [0.1, 0.15) is 16.2 Å². The van der Waals surface area contributed by atoms with Gasteiger partial charge in [0.05, 0.1) is 44.1 Å². The summed E-state index contributed by atoms with van der Waals surface area (Å²) in [6, 6.07) is 3.31. The summed E-state index contributed by atoms with van der Waals surface area (Å²) in [5.41, 5.74) is 0.0846. The average molecular weight is 526 g/mol. The zero-order valence-corrected chi connectivity index (χ0v) is 20.1. The van der Waals surface area contributed by atoms with E-state index in [-0.39, 0.29) is 29.2 Å². The highest BCUT2D eigenvalue weighted by Crippen LogP contribution is 2.46. The Bertz CT molecular complexity index is 1360. The minimum absolute atomic E-state index is 0.0933. The number of carbonyl (C=O) groups is 2. The van der Waals surface area contributed by atoms with Gasteiger partial charge in [-0.2, -0.15) is 0 Å². The third kappa shape index (κ3) is 4.97. The van der Waals surface area contributed by atoms with E-state index in [1.54, 1.807) is 12.1 Å². The molecule has 2 aliphatic rings. The fourth-order valence-corrected chi connectivity index (χ4v) is 5.34. The van der Waals surface area contributed by atoms with Crippen molar-refractivity contribution in [2.24, 2.45) is 10.9 Å². The minimum atomic E-state index is -1.23. The molecule has 3 aromatic heterocycles. The normalized spacial score (nSPS) is 20.5. The Morgan fingerprint density at radius 2 is 1.97 bits per heavy atom. The summed E-state index contributed by atoms with van der Waals surface area (Å²) in [6.07, 6.45) is 5.12. The Balaban J connectivity index is 1.47. The van der Waals surface area contributed by atoms with Crippen molar-refractivity contribution in [3.05, 3.63) is 60.3 Å². The fourth-order valence-electron chi connectivity index (χ4n) is 4.21. The van der Waals surface area contributed by atoms with E-state index in [9.17, 15) is 19.1 Å². The zero-order chi connectivity index (χ0) is 26.0. The van der Waals surface area contributed by atoms with E-state index in [2.05, 4.69) is 35.6 Å². The smallest absolute Gasteiger partial charge is 0.410 e. The number of ether oxygens (including phenoxy) is 1. The van der Waals surface area contributed by atoms with Crippen LogP contribution >= 0.6 is 11.8 Å². The molecule has 0 bridgehead atoms. The predicted molar refractivity (Wildman–Crippen MR) is 131 cm³/mol. The molecule has 0 unspecified atom stereocenters. The molecular weight excluding hydrogens is 505 g/mol. The molecule has 1 fully saturated rings. The van der Waals surface area contributed by atoms with Crippen molar-refractivity contribution in [1.82, 2.24) is 30.2 Å². The van der Waals surface area contributed by atoms with Crippen LogP contribution in [0.15, 0.2) is 48.1 Å². The van der Waals surface area contributed by atoms with Crippen molar-refractivity contribution in [2.45, 2.75) is 5.54 Å². The summed E-state index contributed by atoms with van der Waals surface area (Å²) in [6.45, 7) is 0.755. The molecule has 3 N–H and O–H groups in total. The molecule has 5 heterocycles.